The number of carbonyl (C=O) groups excluding carboxylic acids is 2. The van der Waals surface area contributed by atoms with Gasteiger partial charge in [0, 0.05) is 18.5 Å². The molecular formula is C15H25ClN2O4S. The van der Waals surface area contributed by atoms with Gasteiger partial charge in [0.1, 0.15) is 5.00 Å². The highest BCUT2D eigenvalue weighted by molar-refractivity contribution is 7.16. The zero-order chi connectivity index (χ0) is 16.7. The zero-order valence-electron chi connectivity index (χ0n) is 13.9. The predicted molar refractivity (Wildman–Crippen MR) is 94.7 cm³/mol. The van der Waals surface area contributed by atoms with E-state index in [9.17, 15) is 9.59 Å². The van der Waals surface area contributed by atoms with Crippen LogP contribution in [0.3, 0.4) is 0 Å². The Morgan fingerprint density at radius 3 is 2.48 bits per heavy atom. The van der Waals surface area contributed by atoms with Gasteiger partial charge < -0.3 is 20.5 Å². The third kappa shape index (κ3) is 5.76. The maximum atomic E-state index is 12.2. The van der Waals surface area contributed by atoms with E-state index in [1.54, 1.807) is 6.92 Å². The van der Waals surface area contributed by atoms with Crippen LogP contribution in [0.4, 0.5) is 5.00 Å². The molecule has 1 unspecified atom stereocenters. The fourth-order valence-corrected chi connectivity index (χ4v) is 3.31. The van der Waals surface area contributed by atoms with Gasteiger partial charge in [-0.2, -0.15) is 0 Å². The number of thiophene rings is 1. The topological polar surface area (TPSA) is 90.7 Å². The van der Waals surface area contributed by atoms with Crippen molar-refractivity contribution in [3.05, 3.63) is 16.0 Å². The first-order chi connectivity index (χ1) is 10.5. The van der Waals surface area contributed by atoms with Gasteiger partial charge in [0.25, 0.3) is 0 Å². The quantitative estimate of drug-likeness (QED) is 0.691. The Hall–Kier alpha value is -1.15. The van der Waals surface area contributed by atoms with Crippen molar-refractivity contribution in [1.29, 1.82) is 0 Å². The van der Waals surface area contributed by atoms with E-state index in [0.29, 0.717) is 23.6 Å². The lowest BCUT2D eigenvalue weighted by Crippen LogP contribution is -2.28. The number of hydrogen-bond acceptors (Lipinski definition) is 6. The summed E-state index contributed by atoms with van der Waals surface area (Å²) in [6, 6.07) is 0. The van der Waals surface area contributed by atoms with Crippen molar-refractivity contribution in [1.82, 2.24) is 0 Å². The van der Waals surface area contributed by atoms with E-state index in [-0.39, 0.29) is 37.4 Å². The highest BCUT2D eigenvalue weighted by Crippen LogP contribution is 2.34. The lowest BCUT2D eigenvalue weighted by atomic mass is 10.1. The molecule has 0 saturated carbocycles. The van der Waals surface area contributed by atoms with Gasteiger partial charge in [0.05, 0.1) is 24.7 Å². The van der Waals surface area contributed by atoms with Gasteiger partial charge in [0.15, 0.2) is 0 Å². The summed E-state index contributed by atoms with van der Waals surface area (Å²) >= 11 is 1.39. The van der Waals surface area contributed by atoms with Crippen LogP contribution >= 0.6 is 23.7 Å². The van der Waals surface area contributed by atoms with E-state index >= 15 is 0 Å². The third-order valence-corrected chi connectivity index (χ3v) is 4.37. The standard InChI is InChI=1S/C15H24N2O4S.ClH/c1-5-11-9(3)22-14(13(11)15(19)21-6-2)17-12(18)7-10(8-16)20-4;/h10H,5-8,16H2,1-4H3,(H,17,18);1H. The minimum absolute atomic E-state index is 0. The molecule has 0 aliphatic heterocycles. The number of ether oxygens (including phenoxy) is 2. The molecule has 0 radical (unpaired) electrons. The molecule has 1 aromatic rings. The Morgan fingerprint density at radius 1 is 1.35 bits per heavy atom. The minimum Gasteiger partial charge on any atom is -0.462 e. The molecule has 8 heteroatoms. The Bertz CT molecular complexity index is 530. The number of methoxy groups -OCH3 is 1. The number of esters is 1. The Labute approximate surface area is 147 Å². The summed E-state index contributed by atoms with van der Waals surface area (Å²) in [6.45, 7) is 6.21. The van der Waals surface area contributed by atoms with Crippen molar-refractivity contribution >= 4 is 40.6 Å². The number of aryl methyl sites for hydroxylation is 1. The fourth-order valence-electron chi connectivity index (χ4n) is 2.16. The van der Waals surface area contributed by atoms with E-state index in [0.717, 1.165) is 10.4 Å². The number of nitrogens with two attached hydrogens (primary N) is 1. The second-order valence-corrected chi connectivity index (χ2v) is 5.99. The van der Waals surface area contributed by atoms with Crippen molar-refractivity contribution in [3.8, 4) is 0 Å². The van der Waals surface area contributed by atoms with Crippen molar-refractivity contribution in [2.75, 3.05) is 25.6 Å². The molecule has 1 amide bonds. The SMILES string of the molecule is CCOC(=O)c1c(NC(=O)CC(CN)OC)sc(C)c1CC.Cl. The second kappa shape index (κ2) is 10.6. The number of anilines is 1. The number of amides is 1. The maximum absolute atomic E-state index is 12.2. The summed E-state index contributed by atoms with van der Waals surface area (Å²) in [5.74, 6) is -0.632. The molecule has 0 aromatic carbocycles. The molecule has 1 atom stereocenters. The van der Waals surface area contributed by atoms with E-state index in [1.807, 2.05) is 13.8 Å². The molecule has 0 aliphatic rings. The fraction of sp³-hybridized carbons (Fsp3) is 0.600. The number of halogens is 1. The molecule has 0 bridgehead atoms. The van der Waals surface area contributed by atoms with Crippen LogP contribution in [-0.2, 0) is 20.7 Å². The highest BCUT2D eigenvalue weighted by Gasteiger charge is 2.24. The Kier molecular flexibility index (Phi) is 10.1. The lowest BCUT2D eigenvalue weighted by Gasteiger charge is -2.12. The summed E-state index contributed by atoms with van der Waals surface area (Å²) in [5.41, 5.74) is 6.89. The molecule has 0 fully saturated rings. The Balaban J connectivity index is 0.00000484. The van der Waals surface area contributed by atoms with Crippen LogP contribution in [0.1, 0.15) is 41.1 Å². The number of hydrogen-bond donors (Lipinski definition) is 2. The largest absolute Gasteiger partial charge is 0.462 e. The normalized spacial score (nSPS) is 11.5. The first-order valence-electron chi connectivity index (χ1n) is 7.30. The highest BCUT2D eigenvalue weighted by atomic mass is 35.5. The third-order valence-electron chi connectivity index (χ3n) is 3.30. The van der Waals surface area contributed by atoms with Crippen LogP contribution in [0.15, 0.2) is 0 Å². The Morgan fingerprint density at radius 2 is 2.00 bits per heavy atom. The first-order valence-corrected chi connectivity index (χ1v) is 8.12. The first kappa shape index (κ1) is 21.9. The van der Waals surface area contributed by atoms with Crippen LogP contribution in [0, 0.1) is 6.92 Å². The van der Waals surface area contributed by atoms with Crippen LogP contribution in [-0.4, -0.2) is 38.2 Å². The van der Waals surface area contributed by atoms with E-state index in [2.05, 4.69) is 5.32 Å². The summed E-state index contributed by atoms with van der Waals surface area (Å²) < 4.78 is 10.2. The van der Waals surface area contributed by atoms with E-state index < -0.39 is 5.97 Å². The summed E-state index contributed by atoms with van der Waals surface area (Å²) in [7, 11) is 1.51. The summed E-state index contributed by atoms with van der Waals surface area (Å²) in [4.78, 5) is 25.3. The molecule has 1 aromatic heterocycles. The molecule has 0 spiro atoms. The zero-order valence-corrected chi connectivity index (χ0v) is 15.6. The molecule has 23 heavy (non-hydrogen) atoms. The predicted octanol–water partition coefficient (Wildman–Crippen LogP) is 2.52. The van der Waals surface area contributed by atoms with E-state index in [1.165, 1.54) is 18.4 Å². The van der Waals surface area contributed by atoms with Gasteiger partial charge >= 0.3 is 5.97 Å². The second-order valence-electron chi connectivity index (χ2n) is 4.76. The van der Waals surface area contributed by atoms with Gasteiger partial charge in [-0.1, -0.05) is 6.92 Å². The minimum atomic E-state index is -0.402. The number of rotatable bonds is 8. The molecule has 132 valence electrons. The van der Waals surface area contributed by atoms with Crippen molar-refractivity contribution in [3.63, 3.8) is 0 Å². The summed E-state index contributed by atoms with van der Waals surface area (Å²) in [6.07, 6.45) is 0.515. The van der Waals surface area contributed by atoms with Crippen molar-refractivity contribution < 1.29 is 19.1 Å². The number of nitrogens with one attached hydrogen (secondary N) is 1. The monoisotopic (exact) mass is 364 g/mol. The van der Waals surface area contributed by atoms with Gasteiger partial charge in [-0.05, 0) is 25.8 Å². The molecule has 6 nitrogen and oxygen atoms in total. The van der Waals surface area contributed by atoms with Crippen LogP contribution in [0.5, 0.6) is 0 Å². The average Bonchev–Trinajstić information content (AvgIpc) is 2.80. The molecule has 3 N–H and O–H groups in total. The van der Waals surface area contributed by atoms with Crippen LogP contribution < -0.4 is 11.1 Å². The van der Waals surface area contributed by atoms with Gasteiger partial charge in [0.2, 0.25) is 5.91 Å². The van der Waals surface area contributed by atoms with E-state index in [4.69, 9.17) is 15.2 Å². The molecule has 0 saturated heterocycles. The van der Waals surface area contributed by atoms with Crippen LogP contribution in [0.2, 0.25) is 0 Å². The van der Waals surface area contributed by atoms with Crippen LogP contribution in [0.25, 0.3) is 0 Å². The smallest absolute Gasteiger partial charge is 0.341 e. The number of carbonyl (C=O) groups is 2. The molecular weight excluding hydrogens is 340 g/mol. The van der Waals surface area contributed by atoms with Crippen molar-refractivity contribution in [2.24, 2.45) is 5.73 Å². The molecule has 1 heterocycles. The van der Waals surface area contributed by atoms with Gasteiger partial charge in [-0.15, -0.1) is 23.7 Å². The molecule has 1 rings (SSSR count). The lowest BCUT2D eigenvalue weighted by molar-refractivity contribution is -0.118. The van der Waals surface area contributed by atoms with Gasteiger partial charge in [-0.3, -0.25) is 4.79 Å². The summed E-state index contributed by atoms with van der Waals surface area (Å²) in [5, 5.41) is 3.32. The molecule has 0 aliphatic carbocycles. The average molecular weight is 365 g/mol. The van der Waals surface area contributed by atoms with Crippen molar-refractivity contribution in [2.45, 2.75) is 39.7 Å². The van der Waals surface area contributed by atoms with Gasteiger partial charge in [-0.25, -0.2) is 4.79 Å². The maximum Gasteiger partial charge on any atom is 0.341 e.